The molecule has 1 saturated carbocycles. The van der Waals surface area contributed by atoms with Crippen LogP contribution >= 0.6 is 0 Å². The summed E-state index contributed by atoms with van der Waals surface area (Å²) in [6.45, 7) is 2.18. The van der Waals surface area contributed by atoms with E-state index >= 15 is 0 Å². The lowest BCUT2D eigenvalue weighted by atomic mass is 9.99. The van der Waals surface area contributed by atoms with Gasteiger partial charge in [-0.05, 0) is 50.9 Å². The van der Waals surface area contributed by atoms with Crippen molar-refractivity contribution < 1.29 is 8.42 Å². The Bertz CT molecular complexity index is 522. The molecule has 0 aliphatic heterocycles. The summed E-state index contributed by atoms with van der Waals surface area (Å²) in [4.78, 5) is 0.304. The van der Waals surface area contributed by atoms with Crippen molar-refractivity contribution in [1.29, 1.82) is 0 Å². The third-order valence-corrected chi connectivity index (χ3v) is 5.33. The summed E-state index contributed by atoms with van der Waals surface area (Å²) in [5, 5.41) is 3.43. The molecule has 0 spiro atoms. The van der Waals surface area contributed by atoms with Crippen LogP contribution in [0.25, 0.3) is 0 Å². The first-order valence-corrected chi connectivity index (χ1v) is 8.31. The molecule has 0 radical (unpaired) electrons. The van der Waals surface area contributed by atoms with Gasteiger partial charge in [0, 0.05) is 11.7 Å². The van der Waals surface area contributed by atoms with Gasteiger partial charge in [-0.2, -0.15) is 0 Å². The van der Waals surface area contributed by atoms with Crippen LogP contribution in [0.1, 0.15) is 32.6 Å². The first kappa shape index (κ1) is 14.3. The fraction of sp³-hybridized carbons (Fsp3) is 0.571. The summed E-state index contributed by atoms with van der Waals surface area (Å²) >= 11 is 0. The van der Waals surface area contributed by atoms with E-state index in [1.54, 1.807) is 18.2 Å². The van der Waals surface area contributed by atoms with Crippen molar-refractivity contribution in [1.82, 2.24) is 4.72 Å². The largest absolute Gasteiger partial charge is 0.382 e. The van der Waals surface area contributed by atoms with Crippen molar-refractivity contribution in [2.24, 2.45) is 5.92 Å². The third kappa shape index (κ3) is 3.48. The van der Waals surface area contributed by atoms with Gasteiger partial charge in [-0.15, -0.1) is 0 Å². The zero-order chi connectivity index (χ0) is 13.9. The maximum Gasteiger partial charge on any atom is 0.240 e. The Hall–Kier alpha value is -1.07. The molecular weight excluding hydrogens is 260 g/mol. The van der Waals surface area contributed by atoms with Crippen LogP contribution in [0.4, 0.5) is 5.69 Å². The highest BCUT2D eigenvalue weighted by Crippen LogP contribution is 2.29. The predicted molar refractivity (Wildman–Crippen MR) is 77.7 cm³/mol. The molecule has 4 nitrogen and oxygen atoms in total. The van der Waals surface area contributed by atoms with Gasteiger partial charge in [0.25, 0.3) is 0 Å². The highest BCUT2D eigenvalue weighted by atomic mass is 32.2. The Kier molecular flexibility index (Phi) is 4.47. The average Bonchev–Trinajstić information content (AvgIpc) is 2.93. The molecule has 0 amide bonds. The van der Waals surface area contributed by atoms with Gasteiger partial charge in [0.05, 0.1) is 4.90 Å². The van der Waals surface area contributed by atoms with Crippen molar-refractivity contribution >= 4 is 15.7 Å². The van der Waals surface area contributed by atoms with Crippen LogP contribution in [0.5, 0.6) is 0 Å². The lowest BCUT2D eigenvalue weighted by molar-refractivity contribution is 0.482. The highest BCUT2D eigenvalue weighted by Gasteiger charge is 2.21. The maximum absolute atomic E-state index is 11.8. The van der Waals surface area contributed by atoms with Crippen molar-refractivity contribution in [3.63, 3.8) is 0 Å². The molecule has 1 aliphatic carbocycles. The van der Waals surface area contributed by atoms with Crippen LogP contribution in [0.15, 0.2) is 29.2 Å². The SMILES string of the molecule is CNS(=O)(=O)c1cccc(NC(C)C2CCCC2)c1. The number of rotatable bonds is 5. The van der Waals surface area contributed by atoms with E-state index in [-0.39, 0.29) is 0 Å². The second kappa shape index (κ2) is 5.92. The Balaban J connectivity index is 2.11. The van der Waals surface area contributed by atoms with E-state index in [0.29, 0.717) is 16.9 Å². The van der Waals surface area contributed by atoms with Crippen molar-refractivity contribution in [3.05, 3.63) is 24.3 Å². The molecule has 1 aromatic rings. The van der Waals surface area contributed by atoms with Gasteiger partial charge in [0.2, 0.25) is 10.0 Å². The Morgan fingerprint density at radius 3 is 2.58 bits per heavy atom. The second-order valence-electron chi connectivity index (χ2n) is 5.21. The fourth-order valence-corrected chi connectivity index (χ4v) is 3.48. The summed E-state index contributed by atoms with van der Waals surface area (Å²) in [5.41, 5.74) is 0.871. The Morgan fingerprint density at radius 2 is 1.95 bits per heavy atom. The molecular formula is C14H22N2O2S. The quantitative estimate of drug-likeness (QED) is 0.872. The first-order valence-electron chi connectivity index (χ1n) is 6.83. The Labute approximate surface area is 115 Å². The van der Waals surface area contributed by atoms with E-state index in [1.807, 2.05) is 6.07 Å². The third-order valence-electron chi connectivity index (χ3n) is 3.91. The van der Waals surface area contributed by atoms with Crippen LogP contribution in [0.2, 0.25) is 0 Å². The molecule has 0 heterocycles. The average molecular weight is 282 g/mol. The number of anilines is 1. The summed E-state index contributed by atoms with van der Waals surface area (Å²) in [7, 11) is -1.94. The minimum absolute atomic E-state index is 0.304. The van der Waals surface area contributed by atoms with Gasteiger partial charge < -0.3 is 5.32 Å². The highest BCUT2D eigenvalue weighted by molar-refractivity contribution is 7.89. The lowest BCUT2D eigenvalue weighted by Crippen LogP contribution is -2.24. The minimum Gasteiger partial charge on any atom is -0.382 e. The number of hydrogen-bond acceptors (Lipinski definition) is 3. The Morgan fingerprint density at radius 1 is 1.26 bits per heavy atom. The van der Waals surface area contributed by atoms with E-state index in [0.717, 1.165) is 5.69 Å². The van der Waals surface area contributed by atoms with Crippen LogP contribution in [0, 0.1) is 5.92 Å². The van der Waals surface area contributed by atoms with Gasteiger partial charge in [-0.25, -0.2) is 13.1 Å². The van der Waals surface area contributed by atoms with Crippen LogP contribution in [-0.2, 0) is 10.0 Å². The topological polar surface area (TPSA) is 58.2 Å². The second-order valence-corrected chi connectivity index (χ2v) is 7.10. The van der Waals surface area contributed by atoms with E-state index in [1.165, 1.54) is 32.7 Å². The van der Waals surface area contributed by atoms with Crippen LogP contribution < -0.4 is 10.0 Å². The molecule has 2 rings (SSSR count). The summed E-state index contributed by atoms with van der Waals surface area (Å²) < 4.78 is 25.9. The molecule has 1 atom stereocenters. The molecule has 1 aliphatic rings. The van der Waals surface area contributed by atoms with Gasteiger partial charge in [-0.1, -0.05) is 18.9 Å². The predicted octanol–water partition coefficient (Wildman–Crippen LogP) is 2.59. The number of nitrogens with one attached hydrogen (secondary N) is 2. The molecule has 1 aromatic carbocycles. The standard InChI is InChI=1S/C14H22N2O2S/c1-11(12-6-3-4-7-12)16-13-8-5-9-14(10-13)19(17,18)15-2/h5,8-12,15-16H,3-4,6-7H2,1-2H3. The first-order chi connectivity index (χ1) is 9.03. The zero-order valence-corrected chi connectivity index (χ0v) is 12.3. The molecule has 0 aromatic heterocycles. The fourth-order valence-electron chi connectivity index (χ4n) is 2.71. The molecule has 0 bridgehead atoms. The maximum atomic E-state index is 11.8. The minimum atomic E-state index is -3.37. The van der Waals surface area contributed by atoms with Gasteiger partial charge in [0.15, 0.2) is 0 Å². The molecule has 106 valence electrons. The van der Waals surface area contributed by atoms with E-state index < -0.39 is 10.0 Å². The van der Waals surface area contributed by atoms with Crippen LogP contribution in [-0.4, -0.2) is 21.5 Å². The van der Waals surface area contributed by atoms with Crippen molar-refractivity contribution in [2.45, 2.75) is 43.5 Å². The molecule has 1 unspecified atom stereocenters. The smallest absolute Gasteiger partial charge is 0.240 e. The monoisotopic (exact) mass is 282 g/mol. The normalized spacial score (nSPS) is 18.4. The van der Waals surface area contributed by atoms with Crippen LogP contribution in [0.3, 0.4) is 0 Å². The molecule has 5 heteroatoms. The van der Waals surface area contributed by atoms with E-state index in [4.69, 9.17) is 0 Å². The molecule has 2 N–H and O–H groups in total. The zero-order valence-electron chi connectivity index (χ0n) is 11.5. The number of sulfonamides is 1. The number of hydrogen-bond donors (Lipinski definition) is 2. The van der Waals surface area contributed by atoms with Gasteiger partial charge >= 0.3 is 0 Å². The van der Waals surface area contributed by atoms with Gasteiger partial charge in [0.1, 0.15) is 0 Å². The van der Waals surface area contributed by atoms with E-state index in [9.17, 15) is 8.42 Å². The van der Waals surface area contributed by atoms with Crippen molar-refractivity contribution in [2.75, 3.05) is 12.4 Å². The number of benzene rings is 1. The van der Waals surface area contributed by atoms with Gasteiger partial charge in [-0.3, -0.25) is 0 Å². The summed E-state index contributed by atoms with van der Waals surface area (Å²) in [6, 6.07) is 7.37. The summed E-state index contributed by atoms with van der Waals surface area (Å²) in [6.07, 6.45) is 5.15. The van der Waals surface area contributed by atoms with E-state index in [2.05, 4.69) is 17.0 Å². The molecule has 0 saturated heterocycles. The molecule has 19 heavy (non-hydrogen) atoms. The summed E-state index contributed by atoms with van der Waals surface area (Å²) in [5.74, 6) is 0.699. The molecule has 1 fully saturated rings. The van der Waals surface area contributed by atoms with Crippen molar-refractivity contribution in [3.8, 4) is 0 Å². The lowest BCUT2D eigenvalue weighted by Gasteiger charge is -2.21.